The standard InChI is InChI=1S/C9H16O3/c1-11-9(10)5-4-8-3-2-6-12-7-8/h8H,2-7H2,1H3. The smallest absolute Gasteiger partial charge is 0.305 e. The van der Waals surface area contributed by atoms with Gasteiger partial charge in [-0.15, -0.1) is 0 Å². The van der Waals surface area contributed by atoms with Gasteiger partial charge in [0.05, 0.1) is 7.11 Å². The molecular formula is C9H16O3. The Labute approximate surface area is 73.0 Å². The lowest BCUT2D eigenvalue weighted by Crippen LogP contribution is -2.18. The van der Waals surface area contributed by atoms with Gasteiger partial charge in [-0.05, 0) is 25.2 Å². The van der Waals surface area contributed by atoms with E-state index in [1.807, 2.05) is 0 Å². The van der Waals surface area contributed by atoms with Crippen LogP contribution in [0, 0.1) is 5.92 Å². The molecule has 0 N–H and O–H groups in total. The minimum absolute atomic E-state index is 0.111. The third-order valence-electron chi connectivity index (χ3n) is 2.24. The van der Waals surface area contributed by atoms with Crippen molar-refractivity contribution in [2.75, 3.05) is 20.3 Å². The summed E-state index contributed by atoms with van der Waals surface area (Å²) < 4.78 is 9.86. The topological polar surface area (TPSA) is 35.5 Å². The van der Waals surface area contributed by atoms with Crippen LogP contribution in [-0.2, 0) is 14.3 Å². The molecule has 3 nitrogen and oxygen atoms in total. The van der Waals surface area contributed by atoms with Gasteiger partial charge in [0.2, 0.25) is 0 Å². The molecule has 0 aliphatic carbocycles. The van der Waals surface area contributed by atoms with Crippen LogP contribution >= 0.6 is 0 Å². The minimum Gasteiger partial charge on any atom is -0.469 e. The summed E-state index contributed by atoms with van der Waals surface area (Å²) in [6.07, 6.45) is 3.76. The molecule has 1 atom stereocenters. The van der Waals surface area contributed by atoms with Gasteiger partial charge in [0.1, 0.15) is 0 Å². The fourth-order valence-corrected chi connectivity index (χ4v) is 1.46. The number of ether oxygens (including phenoxy) is 2. The van der Waals surface area contributed by atoms with Crippen molar-refractivity contribution in [2.45, 2.75) is 25.7 Å². The average molecular weight is 172 g/mol. The molecule has 3 heteroatoms. The van der Waals surface area contributed by atoms with Crippen LogP contribution in [0.2, 0.25) is 0 Å². The Morgan fingerprint density at radius 2 is 2.50 bits per heavy atom. The number of rotatable bonds is 3. The molecule has 1 aliphatic heterocycles. The number of hydrogen-bond donors (Lipinski definition) is 0. The Morgan fingerprint density at radius 3 is 3.08 bits per heavy atom. The van der Waals surface area contributed by atoms with Crippen LogP contribution in [0.1, 0.15) is 25.7 Å². The van der Waals surface area contributed by atoms with E-state index in [9.17, 15) is 4.79 Å². The summed E-state index contributed by atoms with van der Waals surface area (Å²) in [5.41, 5.74) is 0. The number of esters is 1. The second kappa shape index (κ2) is 5.14. The van der Waals surface area contributed by atoms with Gasteiger partial charge in [0.15, 0.2) is 0 Å². The molecule has 0 radical (unpaired) electrons. The lowest BCUT2D eigenvalue weighted by atomic mass is 9.97. The molecule has 70 valence electrons. The first-order valence-electron chi connectivity index (χ1n) is 4.47. The van der Waals surface area contributed by atoms with Crippen molar-refractivity contribution >= 4 is 5.97 Å². The van der Waals surface area contributed by atoms with Gasteiger partial charge >= 0.3 is 5.97 Å². The maximum Gasteiger partial charge on any atom is 0.305 e. The Morgan fingerprint density at radius 1 is 1.67 bits per heavy atom. The highest BCUT2D eigenvalue weighted by atomic mass is 16.5. The lowest BCUT2D eigenvalue weighted by Gasteiger charge is -2.21. The van der Waals surface area contributed by atoms with E-state index in [0.29, 0.717) is 12.3 Å². The quantitative estimate of drug-likeness (QED) is 0.603. The van der Waals surface area contributed by atoms with E-state index in [1.165, 1.54) is 13.5 Å². The first kappa shape index (κ1) is 9.52. The van der Waals surface area contributed by atoms with Gasteiger partial charge in [0, 0.05) is 19.6 Å². The number of carbonyl (C=O) groups excluding carboxylic acids is 1. The van der Waals surface area contributed by atoms with E-state index in [4.69, 9.17) is 4.74 Å². The molecule has 0 spiro atoms. The summed E-state index contributed by atoms with van der Waals surface area (Å²) >= 11 is 0. The molecule has 0 aromatic rings. The Hall–Kier alpha value is -0.570. The molecule has 1 rings (SSSR count). The predicted molar refractivity (Wildman–Crippen MR) is 44.8 cm³/mol. The second-order valence-corrected chi connectivity index (χ2v) is 3.20. The highest BCUT2D eigenvalue weighted by Crippen LogP contribution is 2.18. The fraction of sp³-hybridized carbons (Fsp3) is 0.889. The number of hydrogen-bond acceptors (Lipinski definition) is 3. The van der Waals surface area contributed by atoms with Crippen LogP contribution in [0.5, 0.6) is 0 Å². The molecule has 1 fully saturated rings. The zero-order valence-electron chi connectivity index (χ0n) is 7.54. The van der Waals surface area contributed by atoms with E-state index in [-0.39, 0.29) is 5.97 Å². The Bertz CT molecular complexity index is 139. The average Bonchev–Trinajstić information content (AvgIpc) is 2.16. The van der Waals surface area contributed by atoms with Crippen molar-refractivity contribution in [3.05, 3.63) is 0 Å². The highest BCUT2D eigenvalue weighted by Gasteiger charge is 2.14. The van der Waals surface area contributed by atoms with Crippen molar-refractivity contribution < 1.29 is 14.3 Å². The van der Waals surface area contributed by atoms with Crippen molar-refractivity contribution in [1.29, 1.82) is 0 Å². The third kappa shape index (κ3) is 3.22. The van der Waals surface area contributed by atoms with Gasteiger partial charge in [-0.2, -0.15) is 0 Å². The zero-order valence-corrected chi connectivity index (χ0v) is 7.54. The largest absolute Gasteiger partial charge is 0.469 e. The fourth-order valence-electron chi connectivity index (χ4n) is 1.46. The lowest BCUT2D eigenvalue weighted by molar-refractivity contribution is -0.141. The maximum atomic E-state index is 10.8. The molecule has 1 aliphatic rings. The molecule has 0 saturated carbocycles. The van der Waals surface area contributed by atoms with Crippen LogP contribution in [-0.4, -0.2) is 26.3 Å². The number of carbonyl (C=O) groups is 1. The third-order valence-corrected chi connectivity index (χ3v) is 2.24. The van der Waals surface area contributed by atoms with E-state index in [1.54, 1.807) is 0 Å². The van der Waals surface area contributed by atoms with E-state index < -0.39 is 0 Å². The van der Waals surface area contributed by atoms with Gasteiger partial charge in [-0.25, -0.2) is 0 Å². The summed E-state index contributed by atoms with van der Waals surface area (Å²) in [7, 11) is 1.43. The van der Waals surface area contributed by atoms with Crippen molar-refractivity contribution in [3.8, 4) is 0 Å². The van der Waals surface area contributed by atoms with Gasteiger partial charge < -0.3 is 9.47 Å². The molecule has 12 heavy (non-hydrogen) atoms. The molecule has 1 unspecified atom stereocenters. The van der Waals surface area contributed by atoms with Crippen molar-refractivity contribution in [2.24, 2.45) is 5.92 Å². The summed E-state index contributed by atoms with van der Waals surface area (Å²) in [5.74, 6) is 0.457. The second-order valence-electron chi connectivity index (χ2n) is 3.20. The highest BCUT2D eigenvalue weighted by molar-refractivity contribution is 5.69. The van der Waals surface area contributed by atoms with Gasteiger partial charge in [0.25, 0.3) is 0 Å². The first-order valence-corrected chi connectivity index (χ1v) is 4.47. The van der Waals surface area contributed by atoms with Gasteiger partial charge in [-0.1, -0.05) is 0 Å². The molecule has 0 amide bonds. The Balaban J connectivity index is 2.09. The van der Waals surface area contributed by atoms with Crippen LogP contribution in [0.25, 0.3) is 0 Å². The van der Waals surface area contributed by atoms with Crippen LogP contribution in [0.15, 0.2) is 0 Å². The molecule has 0 aromatic carbocycles. The summed E-state index contributed by atoms with van der Waals surface area (Å²) in [4.78, 5) is 10.8. The van der Waals surface area contributed by atoms with Gasteiger partial charge in [-0.3, -0.25) is 4.79 Å². The predicted octanol–water partition coefficient (Wildman–Crippen LogP) is 1.37. The summed E-state index contributed by atoms with van der Waals surface area (Å²) in [6.45, 7) is 1.70. The Kier molecular flexibility index (Phi) is 4.08. The van der Waals surface area contributed by atoms with Crippen LogP contribution in [0.3, 0.4) is 0 Å². The van der Waals surface area contributed by atoms with Crippen molar-refractivity contribution in [1.82, 2.24) is 0 Å². The minimum atomic E-state index is -0.111. The summed E-state index contributed by atoms with van der Waals surface area (Å²) in [5, 5.41) is 0. The maximum absolute atomic E-state index is 10.8. The number of methoxy groups -OCH3 is 1. The normalized spacial score (nSPS) is 23.6. The molecule has 1 heterocycles. The molecule has 1 saturated heterocycles. The molecule has 0 aromatic heterocycles. The molecule has 0 bridgehead atoms. The van der Waals surface area contributed by atoms with E-state index >= 15 is 0 Å². The van der Waals surface area contributed by atoms with E-state index in [2.05, 4.69) is 4.74 Å². The van der Waals surface area contributed by atoms with Crippen molar-refractivity contribution in [3.63, 3.8) is 0 Å². The van der Waals surface area contributed by atoms with E-state index in [0.717, 1.165) is 26.1 Å². The summed E-state index contributed by atoms with van der Waals surface area (Å²) in [6, 6.07) is 0. The van der Waals surface area contributed by atoms with Crippen LogP contribution in [0.4, 0.5) is 0 Å². The SMILES string of the molecule is COC(=O)CCC1CCCOC1. The molecular weight excluding hydrogens is 156 g/mol. The monoisotopic (exact) mass is 172 g/mol. The zero-order chi connectivity index (χ0) is 8.81. The van der Waals surface area contributed by atoms with Crippen LogP contribution < -0.4 is 0 Å². The first-order chi connectivity index (χ1) is 5.83.